The topological polar surface area (TPSA) is 57.6 Å². The Bertz CT molecular complexity index is 286. The van der Waals surface area contributed by atoms with Crippen LogP contribution in [0.2, 0.25) is 0 Å². The Balaban J connectivity index is 2.12. The van der Waals surface area contributed by atoms with Gasteiger partial charge >= 0.3 is 5.97 Å². The maximum atomic E-state index is 11.3. The van der Waals surface area contributed by atoms with Gasteiger partial charge in [0.15, 0.2) is 0 Å². The molecule has 0 aromatic rings. The maximum absolute atomic E-state index is 11.3. The SMILES string of the molecule is CC(=O)N1CCC(C2CCC2)C1C(=O)O. The number of hydrogen-bond acceptors (Lipinski definition) is 2. The van der Waals surface area contributed by atoms with E-state index in [2.05, 4.69) is 0 Å². The van der Waals surface area contributed by atoms with Crippen molar-refractivity contribution in [1.29, 1.82) is 0 Å². The van der Waals surface area contributed by atoms with Crippen LogP contribution in [0.5, 0.6) is 0 Å². The molecule has 1 aliphatic carbocycles. The van der Waals surface area contributed by atoms with Crippen molar-refractivity contribution in [3.05, 3.63) is 0 Å². The molecule has 2 fully saturated rings. The van der Waals surface area contributed by atoms with Gasteiger partial charge in [-0.15, -0.1) is 0 Å². The molecule has 1 heterocycles. The molecule has 2 unspecified atom stereocenters. The first kappa shape index (κ1) is 10.5. The summed E-state index contributed by atoms with van der Waals surface area (Å²) >= 11 is 0. The van der Waals surface area contributed by atoms with Gasteiger partial charge in [-0.3, -0.25) is 4.79 Å². The Morgan fingerprint density at radius 2 is 1.93 bits per heavy atom. The van der Waals surface area contributed by atoms with Crippen LogP contribution in [0.1, 0.15) is 32.6 Å². The van der Waals surface area contributed by atoms with Crippen molar-refractivity contribution in [3.63, 3.8) is 0 Å². The lowest BCUT2D eigenvalue weighted by Crippen LogP contribution is -2.44. The first-order valence-electron chi connectivity index (χ1n) is 5.61. The van der Waals surface area contributed by atoms with Crippen molar-refractivity contribution in [2.24, 2.45) is 11.8 Å². The predicted octanol–water partition coefficient (Wildman–Crippen LogP) is 1.11. The number of carbonyl (C=O) groups excluding carboxylic acids is 1. The number of carboxylic acid groups (broad SMARTS) is 1. The average molecular weight is 211 g/mol. The Morgan fingerprint density at radius 3 is 2.33 bits per heavy atom. The van der Waals surface area contributed by atoms with E-state index in [0.717, 1.165) is 19.3 Å². The summed E-state index contributed by atoms with van der Waals surface area (Å²) in [4.78, 5) is 24.0. The van der Waals surface area contributed by atoms with E-state index in [9.17, 15) is 14.7 Å². The van der Waals surface area contributed by atoms with E-state index in [1.54, 1.807) is 0 Å². The van der Waals surface area contributed by atoms with E-state index >= 15 is 0 Å². The van der Waals surface area contributed by atoms with E-state index < -0.39 is 12.0 Å². The molecule has 0 bridgehead atoms. The quantitative estimate of drug-likeness (QED) is 0.744. The zero-order valence-corrected chi connectivity index (χ0v) is 8.98. The fraction of sp³-hybridized carbons (Fsp3) is 0.818. The lowest BCUT2D eigenvalue weighted by molar-refractivity contribution is -0.149. The van der Waals surface area contributed by atoms with Gasteiger partial charge in [0.2, 0.25) is 5.91 Å². The highest BCUT2D eigenvalue weighted by molar-refractivity contribution is 5.83. The highest BCUT2D eigenvalue weighted by Gasteiger charge is 2.45. The number of carbonyl (C=O) groups is 2. The Kier molecular flexibility index (Phi) is 2.67. The Labute approximate surface area is 89.3 Å². The Hall–Kier alpha value is -1.06. The first-order valence-corrected chi connectivity index (χ1v) is 5.61. The van der Waals surface area contributed by atoms with E-state index in [0.29, 0.717) is 12.5 Å². The standard InChI is InChI=1S/C11H17NO3/c1-7(13)12-6-5-9(8-3-2-4-8)10(12)11(14)15/h8-10H,2-6H2,1H3,(H,14,15). The number of hydrogen-bond donors (Lipinski definition) is 1. The monoisotopic (exact) mass is 211 g/mol. The molecule has 1 aliphatic heterocycles. The molecule has 1 saturated heterocycles. The number of rotatable bonds is 2. The maximum Gasteiger partial charge on any atom is 0.326 e. The number of carboxylic acids is 1. The molecule has 1 N–H and O–H groups in total. The second kappa shape index (κ2) is 3.83. The summed E-state index contributed by atoms with van der Waals surface area (Å²) in [7, 11) is 0. The molecule has 1 saturated carbocycles. The second-order valence-corrected chi connectivity index (χ2v) is 4.64. The lowest BCUT2D eigenvalue weighted by atomic mass is 9.73. The third-order valence-corrected chi connectivity index (χ3v) is 3.86. The molecule has 0 aromatic carbocycles. The van der Waals surface area contributed by atoms with Gasteiger partial charge in [0.1, 0.15) is 6.04 Å². The van der Waals surface area contributed by atoms with Gasteiger partial charge in [0.05, 0.1) is 0 Å². The lowest BCUT2D eigenvalue weighted by Gasteiger charge is -2.34. The third-order valence-electron chi connectivity index (χ3n) is 3.86. The van der Waals surface area contributed by atoms with Gasteiger partial charge in [0, 0.05) is 13.5 Å². The van der Waals surface area contributed by atoms with Gasteiger partial charge < -0.3 is 10.0 Å². The number of nitrogens with zero attached hydrogens (tertiary/aromatic N) is 1. The molecule has 4 heteroatoms. The second-order valence-electron chi connectivity index (χ2n) is 4.64. The van der Waals surface area contributed by atoms with E-state index in [1.165, 1.54) is 18.2 Å². The average Bonchev–Trinajstić information content (AvgIpc) is 2.45. The highest BCUT2D eigenvalue weighted by atomic mass is 16.4. The fourth-order valence-electron chi connectivity index (χ4n) is 2.85. The minimum Gasteiger partial charge on any atom is -0.480 e. The molecule has 0 spiro atoms. The molecule has 4 nitrogen and oxygen atoms in total. The molecule has 15 heavy (non-hydrogen) atoms. The number of likely N-dealkylation sites (tertiary alicyclic amines) is 1. The molecule has 2 rings (SSSR count). The summed E-state index contributed by atoms with van der Waals surface area (Å²) in [5.41, 5.74) is 0. The summed E-state index contributed by atoms with van der Waals surface area (Å²) in [5, 5.41) is 9.18. The van der Waals surface area contributed by atoms with E-state index in [1.807, 2.05) is 0 Å². The number of aliphatic carboxylic acids is 1. The van der Waals surface area contributed by atoms with Crippen LogP contribution in [-0.2, 0) is 9.59 Å². The molecule has 0 aromatic heterocycles. The minimum absolute atomic E-state index is 0.107. The fourth-order valence-corrected chi connectivity index (χ4v) is 2.85. The van der Waals surface area contributed by atoms with Gasteiger partial charge in [-0.2, -0.15) is 0 Å². The third kappa shape index (κ3) is 1.73. The molecular formula is C11H17NO3. The molecule has 2 atom stereocenters. The van der Waals surface area contributed by atoms with Crippen LogP contribution >= 0.6 is 0 Å². The molecule has 0 radical (unpaired) electrons. The van der Waals surface area contributed by atoms with Crippen molar-refractivity contribution < 1.29 is 14.7 Å². The van der Waals surface area contributed by atoms with Crippen molar-refractivity contribution in [2.75, 3.05) is 6.54 Å². The minimum atomic E-state index is -0.834. The summed E-state index contributed by atoms with van der Waals surface area (Å²) in [5.74, 6) is -0.209. The smallest absolute Gasteiger partial charge is 0.326 e. The zero-order valence-electron chi connectivity index (χ0n) is 8.98. The van der Waals surface area contributed by atoms with Crippen LogP contribution in [0.25, 0.3) is 0 Å². The zero-order chi connectivity index (χ0) is 11.0. The van der Waals surface area contributed by atoms with Crippen LogP contribution in [0.15, 0.2) is 0 Å². The van der Waals surface area contributed by atoms with Gasteiger partial charge in [-0.25, -0.2) is 4.79 Å². The highest BCUT2D eigenvalue weighted by Crippen LogP contribution is 2.41. The predicted molar refractivity (Wildman–Crippen MR) is 54.3 cm³/mol. The molecular weight excluding hydrogens is 194 g/mol. The van der Waals surface area contributed by atoms with Crippen molar-refractivity contribution >= 4 is 11.9 Å². The van der Waals surface area contributed by atoms with E-state index in [-0.39, 0.29) is 11.8 Å². The van der Waals surface area contributed by atoms with Crippen LogP contribution in [0, 0.1) is 11.8 Å². The number of amides is 1. The van der Waals surface area contributed by atoms with Crippen LogP contribution < -0.4 is 0 Å². The first-order chi connectivity index (χ1) is 7.11. The van der Waals surface area contributed by atoms with Crippen molar-refractivity contribution in [2.45, 2.75) is 38.6 Å². The Morgan fingerprint density at radius 1 is 1.27 bits per heavy atom. The van der Waals surface area contributed by atoms with Crippen LogP contribution in [0.4, 0.5) is 0 Å². The van der Waals surface area contributed by atoms with Crippen molar-refractivity contribution in [1.82, 2.24) is 4.90 Å². The summed E-state index contributed by atoms with van der Waals surface area (Å²) < 4.78 is 0. The molecule has 2 aliphatic rings. The van der Waals surface area contributed by atoms with Gasteiger partial charge in [-0.1, -0.05) is 19.3 Å². The molecule has 84 valence electrons. The van der Waals surface area contributed by atoms with Crippen LogP contribution in [-0.4, -0.2) is 34.5 Å². The van der Waals surface area contributed by atoms with Gasteiger partial charge in [0.25, 0.3) is 0 Å². The summed E-state index contributed by atoms with van der Waals surface area (Å²) in [6.45, 7) is 2.08. The van der Waals surface area contributed by atoms with Crippen molar-refractivity contribution in [3.8, 4) is 0 Å². The van der Waals surface area contributed by atoms with E-state index in [4.69, 9.17) is 0 Å². The summed E-state index contributed by atoms with van der Waals surface area (Å²) in [6, 6.07) is -0.562. The normalized spacial score (nSPS) is 31.4. The summed E-state index contributed by atoms with van der Waals surface area (Å²) in [6.07, 6.45) is 4.36. The largest absolute Gasteiger partial charge is 0.480 e. The molecule has 1 amide bonds. The van der Waals surface area contributed by atoms with Crippen LogP contribution in [0.3, 0.4) is 0 Å². The van der Waals surface area contributed by atoms with Gasteiger partial charge in [-0.05, 0) is 18.3 Å².